The largest absolute Gasteiger partial charge is 0.711 e. The minimum absolute atomic E-state index is 0.478. The zero-order valence-electron chi connectivity index (χ0n) is 7.59. The molecule has 0 amide bonds. The molecule has 4 nitrogen and oxygen atoms in total. The fourth-order valence-electron chi connectivity index (χ4n) is 1.04. The summed E-state index contributed by atoms with van der Waals surface area (Å²) in [5, 5.41) is 14.2. The molecule has 0 radical (unpaired) electrons. The number of rotatable bonds is 2. The fraction of sp³-hybridized carbons (Fsp3) is 0.500. The smallest absolute Gasteiger partial charge is 0.301 e. The number of hydrogen-bond donors (Lipinski definition) is 1. The number of nitrogens with one attached hydrogen (secondary N) is 1. The van der Waals surface area contributed by atoms with Crippen LogP contribution >= 0.6 is 0 Å². The molecule has 0 saturated heterocycles. The third-order valence-electron chi connectivity index (χ3n) is 1.60. The van der Waals surface area contributed by atoms with E-state index in [0.29, 0.717) is 11.5 Å². The maximum atomic E-state index is 11.2. The van der Waals surface area contributed by atoms with Crippen molar-refractivity contribution in [1.29, 1.82) is 0 Å². The first-order chi connectivity index (χ1) is 5.65. The van der Waals surface area contributed by atoms with Gasteiger partial charge in [0.2, 0.25) is 5.82 Å². The van der Waals surface area contributed by atoms with Crippen molar-refractivity contribution in [3.05, 3.63) is 22.8 Å². The topological polar surface area (TPSA) is 51.9 Å². The van der Waals surface area contributed by atoms with E-state index in [1.165, 1.54) is 0 Å². The summed E-state index contributed by atoms with van der Waals surface area (Å²) in [4.78, 5) is 4.06. The molecule has 4 heteroatoms. The third-order valence-corrected chi connectivity index (χ3v) is 1.60. The van der Waals surface area contributed by atoms with Gasteiger partial charge >= 0.3 is 5.82 Å². The highest BCUT2D eigenvalue weighted by molar-refractivity contribution is 5.33. The molecule has 0 unspecified atom stereocenters. The molecule has 0 spiro atoms. The van der Waals surface area contributed by atoms with E-state index in [1.54, 1.807) is 19.9 Å². The van der Waals surface area contributed by atoms with Crippen molar-refractivity contribution in [2.24, 2.45) is 0 Å². The third kappa shape index (κ3) is 1.64. The summed E-state index contributed by atoms with van der Waals surface area (Å²) >= 11 is 0. The Balaban J connectivity index is 3.04. The molecular weight excluding hydrogens is 154 g/mol. The van der Waals surface area contributed by atoms with Crippen LogP contribution in [-0.4, -0.2) is 11.5 Å². The van der Waals surface area contributed by atoms with E-state index < -0.39 is 0 Å². The van der Waals surface area contributed by atoms with Gasteiger partial charge in [-0.05, 0) is 18.8 Å². The minimum Gasteiger partial charge on any atom is -0.711 e. The van der Waals surface area contributed by atoms with E-state index in [-0.39, 0.29) is 0 Å². The summed E-state index contributed by atoms with van der Waals surface area (Å²) in [6.07, 6.45) is 0. The molecule has 12 heavy (non-hydrogen) atoms. The average molecular weight is 167 g/mol. The molecule has 0 atom stereocenters. The highest BCUT2D eigenvalue weighted by Crippen LogP contribution is 2.02. The molecule has 0 aliphatic heterocycles. The van der Waals surface area contributed by atoms with Crippen LogP contribution in [0.5, 0.6) is 0 Å². The maximum Gasteiger partial charge on any atom is 0.301 e. The van der Waals surface area contributed by atoms with Gasteiger partial charge in [0.05, 0.1) is 0 Å². The van der Waals surface area contributed by atoms with Gasteiger partial charge in [0, 0.05) is 19.5 Å². The van der Waals surface area contributed by atoms with E-state index in [9.17, 15) is 5.21 Å². The average Bonchev–Trinajstić information content (AvgIpc) is 2.01. The Hall–Kier alpha value is -1.32. The molecule has 0 bridgehead atoms. The fourth-order valence-corrected chi connectivity index (χ4v) is 1.04. The van der Waals surface area contributed by atoms with Gasteiger partial charge < -0.3 is 10.5 Å². The van der Waals surface area contributed by atoms with Crippen LogP contribution in [0.25, 0.3) is 0 Å². The van der Waals surface area contributed by atoms with Gasteiger partial charge in [0.25, 0.3) is 0 Å². The predicted octanol–water partition coefficient (Wildman–Crippen LogP) is 0.764. The molecule has 1 aromatic heterocycles. The summed E-state index contributed by atoms with van der Waals surface area (Å²) in [5.41, 5.74) is 0.665. The molecule has 1 rings (SSSR count). The number of hydrogen-bond acceptors (Lipinski definition) is 3. The predicted molar refractivity (Wildman–Crippen MR) is 46.8 cm³/mol. The zero-order valence-corrected chi connectivity index (χ0v) is 7.59. The van der Waals surface area contributed by atoms with Gasteiger partial charge in [0.1, 0.15) is 5.69 Å². The Bertz CT molecular complexity index is 263. The molecule has 0 aliphatic carbocycles. The molecule has 1 heterocycles. The van der Waals surface area contributed by atoms with Crippen molar-refractivity contribution in [3.63, 3.8) is 0 Å². The van der Waals surface area contributed by atoms with Gasteiger partial charge in [0.15, 0.2) is 0 Å². The van der Waals surface area contributed by atoms with E-state index >= 15 is 0 Å². The minimum atomic E-state index is 0.478. The van der Waals surface area contributed by atoms with E-state index in [0.717, 1.165) is 17.1 Å². The van der Waals surface area contributed by atoms with Crippen molar-refractivity contribution < 1.29 is 4.73 Å². The van der Waals surface area contributed by atoms with Gasteiger partial charge in [-0.3, -0.25) is 0 Å². The van der Waals surface area contributed by atoms with Crippen LogP contribution in [0, 0.1) is 19.1 Å². The molecule has 0 aromatic carbocycles. The quantitative estimate of drug-likeness (QED) is 0.522. The summed E-state index contributed by atoms with van der Waals surface area (Å²) < 4.78 is 0.820. The first-order valence-corrected chi connectivity index (χ1v) is 3.97. The van der Waals surface area contributed by atoms with Crippen molar-refractivity contribution in [1.82, 2.24) is 4.98 Å². The summed E-state index contributed by atoms with van der Waals surface area (Å²) in [7, 11) is 0. The maximum absolute atomic E-state index is 11.2. The normalized spacial score (nSPS) is 9.92. The van der Waals surface area contributed by atoms with Gasteiger partial charge in [-0.15, -0.1) is 0 Å². The Morgan fingerprint density at radius 1 is 1.58 bits per heavy atom. The Kier molecular flexibility index (Phi) is 2.47. The van der Waals surface area contributed by atoms with Crippen molar-refractivity contribution >= 4 is 5.82 Å². The lowest BCUT2D eigenvalue weighted by molar-refractivity contribution is -0.622. The van der Waals surface area contributed by atoms with Crippen molar-refractivity contribution in [2.75, 3.05) is 11.9 Å². The molecule has 1 N–H and O–H groups in total. The monoisotopic (exact) mass is 167 g/mol. The number of nitrogens with zero attached hydrogens (tertiary/aromatic N) is 2. The second-order valence-electron chi connectivity index (χ2n) is 2.65. The van der Waals surface area contributed by atoms with Crippen LogP contribution in [0.4, 0.5) is 5.82 Å². The standard InChI is InChI=1S/C8H13N3O/c1-4-9-8-5-6(2)11(12)7(3)10-8/h5H,4H2,1-3H3,(H,9,10). The molecule has 0 fully saturated rings. The van der Waals surface area contributed by atoms with Crippen LogP contribution in [0.3, 0.4) is 0 Å². The Morgan fingerprint density at radius 2 is 2.25 bits per heavy atom. The van der Waals surface area contributed by atoms with Crippen molar-refractivity contribution in [2.45, 2.75) is 20.8 Å². The second-order valence-corrected chi connectivity index (χ2v) is 2.65. The molecular formula is C8H13N3O. The Morgan fingerprint density at radius 3 is 2.75 bits per heavy atom. The summed E-state index contributed by atoms with van der Waals surface area (Å²) in [6, 6.07) is 1.74. The molecule has 1 aromatic rings. The van der Waals surface area contributed by atoms with Gasteiger partial charge in [-0.1, -0.05) is 0 Å². The lowest BCUT2D eigenvalue weighted by Crippen LogP contribution is -2.35. The summed E-state index contributed by atoms with van der Waals surface area (Å²) in [6.45, 7) is 6.27. The molecule has 0 aliphatic rings. The highest BCUT2D eigenvalue weighted by atomic mass is 16.5. The first-order valence-electron chi connectivity index (χ1n) is 3.97. The number of aromatic nitrogens is 2. The van der Waals surface area contributed by atoms with E-state index in [4.69, 9.17) is 0 Å². The lowest BCUT2D eigenvalue weighted by atomic mass is 10.4. The molecule has 0 saturated carbocycles. The van der Waals surface area contributed by atoms with E-state index in [2.05, 4.69) is 10.3 Å². The summed E-state index contributed by atoms with van der Waals surface area (Å²) in [5.74, 6) is 1.24. The van der Waals surface area contributed by atoms with Gasteiger partial charge in [-0.2, -0.15) is 0 Å². The number of anilines is 1. The van der Waals surface area contributed by atoms with Crippen LogP contribution in [-0.2, 0) is 0 Å². The van der Waals surface area contributed by atoms with Crippen molar-refractivity contribution in [3.8, 4) is 0 Å². The zero-order chi connectivity index (χ0) is 9.14. The highest BCUT2D eigenvalue weighted by Gasteiger charge is 2.07. The molecule has 66 valence electrons. The van der Waals surface area contributed by atoms with Crippen LogP contribution in [0.1, 0.15) is 18.4 Å². The first kappa shape index (κ1) is 8.77. The SMILES string of the molecule is CCNc1cc(C)[n+]([O-])c(C)n1. The van der Waals surface area contributed by atoms with Crippen LogP contribution in [0.2, 0.25) is 0 Å². The number of aryl methyl sites for hydroxylation is 2. The van der Waals surface area contributed by atoms with Gasteiger partial charge in [-0.25, -0.2) is 4.73 Å². The Labute approximate surface area is 71.8 Å². The van der Waals surface area contributed by atoms with E-state index in [1.807, 2.05) is 6.92 Å². The lowest BCUT2D eigenvalue weighted by Gasteiger charge is -2.07. The van der Waals surface area contributed by atoms with Crippen LogP contribution in [0.15, 0.2) is 6.07 Å². The second kappa shape index (κ2) is 3.38. The van der Waals surface area contributed by atoms with Crippen LogP contribution < -0.4 is 10.0 Å².